The number of sulfonamides is 1. The van der Waals surface area contributed by atoms with E-state index < -0.39 is 16.0 Å². The van der Waals surface area contributed by atoms with Gasteiger partial charge in [0.15, 0.2) is 12.4 Å². The molecule has 3 rings (SSSR count). The molecule has 2 aromatic carbocycles. The van der Waals surface area contributed by atoms with Crippen LogP contribution in [0.4, 0.5) is 5.69 Å². The summed E-state index contributed by atoms with van der Waals surface area (Å²) in [5, 5.41) is 3.61. The summed E-state index contributed by atoms with van der Waals surface area (Å²) in [5.41, 5.74) is 1.97. The highest BCUT2D eigenvalue weighted by Gasteiger charge is 2.20. The van der Waals surface area contributed by atoms with Crippen molar-refractivity contribution in [3.8, 4) is 0 Å². The summed E-state index contributed by atoms with van der Waals surface area (Å²) >= 11 is 0. The number of benzene rings is 2. The number of nitrogens with zero attached hydrogens (tertiary/aromatic N) is 2. The van der Waals surface area contributed by atoms with Gasteiger partial charge in [0, 0.05) is 5.69 Å². The Morgan fingerprint density at radius 1 is 1.14 bits per heavy atom. The van der Waals surface area contributed by atoms with Crippen LogP contribution in [0.25, 0.3) is 0 Å². The molecule has 0 saturated carbocycles. The first-order chi connectivity index (χ1) is 13.2. The molecule has 0 spiro atoms. The van der Waals surface area contributed by atoms with E-state index in [2.05, 4.69) is 14.9 Å². The molecule has 9 heteroatoms. The van der Waals surface area contributed by atoms with Crippen molar-refractivity contribution in [2.24, 2.45) is 0 Å². The van der Waals surface area contributed by atoms with Gasteiger partial charge in [0.25, 0.3) is 15.9 Å². The van der Waals surface area contributed by atoms with E-state index in [-0.39, 0.29) is 23.0 Å². The van der Waals surface area contributed by atoms with Crippen molar-refractivity contribution in [2.45, 2.75) is 32.3 Å². The molecule has 3 aromatic rings. The molecule has 0 radical (unpaired) electrons. The molecule has 1 heterocycles. The molecule has 0 aliphatic rings. The van der Waals surface area contributed by atoms with Crippen molar-refractivity contribution < 1.29 is 22.5 Å². The maximum atomic E-state index is 12.8. The van der Waals surface area contributed by atoms with E-state index in [0.717, 1.165) is 5.56 Å². The number of nitrogens with one attached hydrogen (secondary N) is 1. The predicted molar refractivity (Wildman–Crippen MR) is 101 cm³/mol. The minimum Gasteiger partial charge on any atom is -0.452 e. The van der Waals surface area contributed by atoms with E-state index in [0.29, 0.717) is 17.1 Å². The number of hydrogen-bond acceptors (Lipinski definition) is 7. The normalized spacial score (nSPS) is 11.2. The fraction of sp³-hybridized carbons (Fsp3) is 0.211. The number of hydrogen-bond donors (Lipinski definition) is 1. The van der Waals surface area contributed by atoms with Gasteiger partial charge in [-0.05, 0) is 56.2 Å². The van der Waals surface area contributed by atoms with E-state index >= 15 is 0 Å². The topological polar surface area (TPSA) is 111 Å². The maximum absolute atomic E-state index is 12.8. The van der Waals surface area contributed by atoms with Gasteiger partial charge in [-0.2, -0.15) is 4.98 Å². The number of carbonyl (C=O) groups is 1. The first kappa shape index (κ1) is 19.6. The molecule has 1 N–H and O–H groups in total. The zero-order valence-electron chi connectivity index (χ0n) is 15.6. The second-order valence-corrected chi connectivity index (χ2v) is 7.92. The van der Waals surface area contributed by atoms with E-state index in [9.17, 15) is 13.2 Å². The van der Waals surface area contributed by atoms with E-state index in [1.165, 1.54) is 12.1 Å². The van der Waals surface area contributed by atoms with E-state index in [1.54, 1.807) is 38.1 Å². The Morgan fingerprint density at radius 2 is 1.93 bits per heavy atom. The molecular formula is C19H19N3O5S. The SMILES string of the molecule is Cc1cccc(NS(=O)(=O)c2cc(C(=O)OCc3nc(C)no3)ccc2C)c1. The summed E-state index contributed by atoms with van der Waals surface area (Å²) in [6.45, 7) is 4.97. The second kappa shape index (κ2) is 7.81. The minimum atomic E-state index is -3.88. The number of aryl methyl sites for hydroxylation is 3. The second-order valence-electron chi connectivity index (χ2n) is 6.27. The lowest BCUT2D eigenvalue weighted by atomic mass is 10.1. The van der Waals surface area contributed by atoms with Crippen LogP contribution in [-0.4, -0.2) is 24.5 Å². The standard InChI is InChI=1S/C19H19N3O5S/c1-12-5-4-6-16(9-12)22-28(24,25)17-10-15(8-7-13(17)2)19(23)26-11-18-20-14(3)21-27-18/h4-10,22H,11H2,1-3H3. The van der Waals surface area contributed by atoms with Crippen LogP contribution in [-0.2, 0) is 21.4 Å². The predicted octanol–water partition coefficient (Wildman–Crippen LogP) is 3.15. The van der Waals surface area contributed by atoms with Gasteiger partial charge in [-0.1, -0.05) is 23.4 Å². The highest BCUT2D eigenvalue weighted by atomic mass is 32.2. The zero-order valence-corrected chi connectivity index (χ0v) is 16.4. The zero-order chi connectivity index (χ0) is 20.3. The lowest BCUT2D eigenvalue weighted by Gasteiger charge is -2.12. The van der Waals surface area contributed by atoms with Crippen molar-refractivity contribution in [3.05, 3.63) is 70.9 Å². The van der Waals surface area contributed by atoms with Crippen molar-refractivity contribution in [3.63, 3.8) is 0 Å². The molecule has 146 valence electrons. The van der Waals surface area contributed by atoms with Gasteiger partial charge < -0.3 is 9.26 Å². The van der Waals surface area contributed by atoms with Gasteiger partial charge in [0.1, 0.15) is 0 Å². The van der Waals surface area contributed by atoms with Crippen molar-refractivity contribution in [1.29, 1.82) is 0 Å². The maximum Gasteiger partial charge on any atom is 0.338 e. The molecule has 0 saturated heterocycles. The van der Waals surface area contributed by atoms with Crippen LogP contribution in [0.3, 0.4) is 0 Å². The quantitative estimate of drug-likeness (QED) is 0.632. The first-order valence-corrected chi connectivity index (χ1v) is 9.89. The number of ether oxygens (including phenoxy) is 1. The lowest BCUT2D eigenvalue weighted by Crippen LogP contribution is -2.15. The van der Waals surface area contributed by atoms with Gasteiger partial charge in [-0.25, -0.2) is 13.2 Å². The van der Waals surface area contributed by atoms with Crippen LogP contribution in [0.15, 0.2) is 51.9 Å². The Bertz CT molecular complexity index is 1120. The monoisotopic (exact) mass is 401 g/mol. The molecule has 0 amide bonds. The average Bonchev–Trinajstić information content (AvgIpc) is 3.05. The van der Waals surface area contributed by atoms with Crippen LogP contribution in [0.2, 0.25) is 0 Å². The summed E-state index contributed by atoms with van der Waals surface area (Å²) in [5.74, 6) is -0.105. The minimum absolute atomic E-state index is 0.00269. The molecule has 0 fully saturated rings. The number of aromatic nitrogens is 2. The van der Waals surface area contributed by atoms with Gasteiger partial charge in [-0.15, -0.1) is 0 Å². The molecular weight excluding hydrogens is 382 g/mol. The Balaban J connectivity index is 1.80. The average molecular weight is 401 g/mol. The summed E-state index contributed by atoms with van der Waals surface area (Å²) in [7, 11) is -3.88. The Labute approximate surface area is 162 Å². The van der Waals surface area contributed by atoms with Crippen LogP contribution in [0.1, 0.15) is 33.2 Å². The third-order valence-electron chi connectivity index (χ3n) is 3.88. The number of anilines is 1. The summed E-state index contributed by atoms with van der Waals surface area (Å²) < 4.78 is 38.1. The third-order valence-corrected chi connectivity index (χ3v) is 5.40. The molecule has 0 aliphatic heterocycles. The van der Waals surface area contributed by atoms with Crippen LogP contribution in [0, 0.1) is 20.8 Å². The van der Waals surface area contributed by atoms with Gasteiger partial charge in [0.2, 0.25) is 0 Å². The third kappa shape index (κ3) is 4.55. The van der Waals surface area contributed by atoms with Gasteiger partial charge >= 0.3 is 5.97 Å². The fourth-order valence-electron chi connectivity index (χ4n) is 2.54. The highest BCUT2D eigenvalue weighted by molar-refractivity contribution is 7.92. The molecule has 28 heavy (non-hydrogen) atoms. The summed E-state index contributed by atoms with van der Waals surface area (Å²) in [6.07, 6.45) is 0. The molecule has 0 unspecified atom stereocenters. The molecule has 0 bridgehead atoms. The Hall–Kier alpha value is -3.20. The van der Waals surface area contributed by atoms with Gasteiger partial charge in [0.05, 0.1) is 10.5 Å². The number of esters is 1. The Morgan fingerprint density at radius 3 is 2.61 bits per heavy atom. The van der Waals surface area contributed by atoms with Crippen LogP contribution < -0.4 is 4.72 Å². The highest BCUT2D eigenvalue weighted by Crippen LogP contribution is 2.22. The summed E-state index contributed by atoms with van der Waals surface area (Å²) in [6, 6.07) is 11.3. The fourth-order valence-corrected chi connectivity index (χ4v) is 3.87. The van der Waals surface area contributed by atoms with Crippen molar-refractivity contribution in [1.82, 2.24) is 10.1 Å². The van der Waals surface area contributed by atoms with Gasteiger partial charge in [-0.3, -0.25) is 4.72 Å². The Kier molecular flexibility index (Phi) is 5.46. The van der Waals surface area contributed by atoms with Crippen molar-refractivity contribution >= 4 is 21.7 Å². The van der Waals surface area contributed by atoms with Crippen LogP contribution >= 0.6 is 0 Å². The molecule has 0 atom stereocenters. The van der Waals surface area contributed by atoms with E-state index in [4.69, 9.17) is 9.26 Å². The number of rotatable bonds is 6. The molecule has 0 aliphatic carbocycles. The molecule has 1 aromatic heterocycles. The van der Waals surface area contributed by atoms with Crippen molar-refractivity contribution in [2.75, 3.05) is 4.72 Å². The van der Waals surface area contributed by atoms with Crippen LogP contribution in [0.5, 0.6) is 0 Å². The first-order valence-electron chi connectivity index (χ1n) is 8.41. The summed E-state index contributed by atoms with van der Waals surface area (Å²) in [4.78, 5) is 16.2. The largest absolute Gasteiger partial charge is 0.452 e. The number of carbonyl (C=O) groups excluding carboxylic acids is 1. The van der Waals surface area contributed by atoms with E-state index in [1.807, 2.05) is 13.0 Å². The lowest BCUT2D eigenvalue weighted by molar-refractivity contribution is 0.0429. The molecule has 8 nitrogen and oxygen atoms in total. The smallest absolute Gasteiger partial charge is 0.338 e.